The van der Waals surface area contributed by atoms with Gasteiger partial charge in [0, 0.05) is 11.6 Å². The fourth-order valence-electron chi connectivity index (χ4n) is 1.24. The van der Waals surface area contributed by atoms with E-state index < -0.39 is 0 Å². The van der Waals surface area contributed by atoms with E-state index in [0.717, 1.165) is 10.9 Å². The summed E-state index contributed by atoms with van der Waals surface area (Å²) in [6.07, 6.45) is 1.72. The molecule has 1 N–H and O–H groups in total. The fraction of sp³-hybridized carbons (Fsp3) is 0. The molecule has 0 aliphatic carbocycles. The first-order valence-corrected chi connectivity index (χ1v) is 4.03. The lowest BCUT2D eigenvalue weighted by Gasteiger charge is -1.97. The molecule has 1 aromatic heterocycles. The molecule has 1 aromatic carbocycles. The highest BCUT2D eigenvalue weighted by Gasteiger charge is 1.98. The van der Waals surface area contributed by atoms with Crippen molar-refractivity contribution in [3.63, 3.8) is 0 Å². The fourth-order valence-corrected chi connectivity index (χ4v) is 1.24. The SMILES string of the molecule is N=NN=Nc1cccc2ncccc12. The molecule has 0 atom stereocenters. The summed E-state index contributed by atoms with van der Waals surface area (Å²) in [5, 5.41) is 10.8. The summed E-state index contributed by atoms with van der Waals surface area (Å²) in [4.78, 5) is 4.17. The van der Waals surface area contributed by atoms with Gasteiger partial charge in [0.25, 0.3) is 0 Å². The Morgan fingerprint density at radius 1 is 1.14 bits per heavy atom. The number of nitrogens with zero attached hydrogens (tertiary/aromatic N) is 4. The van der Waals surface area contributed by atoms with Gasteiger partial charge in [-0.1, -0.05) is 6.07 Å². The van der Waals surface area contributed by atoms with E-state index in [-0.39, 0.29) is 0 Å². The third-order valence-corrected chi connectivity index (χ3v) is 1.82. The van der Waals surface area contributed by atoms with Crippen LogP contribution in [0.1, 0.15) is 0 Å². The van der Waals surface area contributed by atoms with Crippen LogP contribution in [0, 0.1) is 5.53 Å². The van der Waals surface area contributed by atoms with Crippen LogP contribution >= 0.6 is 0 Å². The summed E-state index contributed by atoms with van der Waals surface area (Å²) < 4.78 is 0. The molecule has 0 radical (unpaired) electrons. The van der Waals surface area contributed by atoms with Gasteiger partial charge in [-0.2, -0.15) is 5.53 Å². The minimum atomic E-state index is 0.673. The molecule has 5 nitrogen and oxygen atoms in total. The molecule has 5 heteroatoms. The molecule has 0 aliphatic rings. The number of rotatable bonds is 2. The van der Waals surface area contributed by atoms with Gasteiger partial charge >= 0.3 is 0 Å². The lowest BCUT2D eigenvalue weighted by molar-refractivity contribution is 0.910. The minimum absolute atomic E-state index is 0.673. The average molecular weight is 185 g/mol. The standard InChI is InChI=1S/C9H7N5/c10-13-14-12-9-5-1-4-8-7(9)3-2-6-11-8/h1-6,10H. The molecule has 0 spiro atoms. The van der Waals surface area contributed by atoms with Crippen LogP contribution in [0.15, 0.2) is 52.1 Å². The zero-order valence-corrected chi connectivity index (χ0v) is 7.25. The van der Waals surface area contributed by atoms with Crippen molar-refractivity contribution in [3.05, 3.63) is 36.5 Å². The van der Waals surface area contributed by atoms with E-state index in [1.54, 1.807) is 12.3 Å². The molecule has 0 amide bonds. The van der Waals surface area contributed by atoms with Crippen molar-refractivity contribution in [2.24, 2.45) is 15.6 Å². The van der Waals surface area contributed by atoms with Crippen molar-refractivity contribution in [1.82, 2.24) is 4.98 Å². The van der Waals surface area contributed by atoms with Crippen LogP contribution in [0.3, 0.4) is 0 Å². The van der Waals surface area contributed by atoms with Crippen molar-refractivity contribution in [2.45, 2.75) is 0 Å². The van der Waals surface area contributed by atoms with Crippen molar-refractivity contribution in [3.8, 4) is 0 Å². The van der Waals surface area contributed by atoms with Gasteiger partial charge in [-0.05, 0) is 34.7 Å². The van der Waals surface area contributed by atoms with Crippen LogP contribution < -0.4 is 0 Å². The smallest absolute Gasteiger partial charge is 0.0969 e. The van der Waals surface area contributed by atoms with Gasteiger partial charge in [0.2, 0.25) is 0 Å². The van der Waals surface area contributed by atoms with Crippen LogP contribution in [0.2, 0.25) is 0 Å². The van der Waals surface area contributed by atoms with Gasteiger partial charge in [0.15, 0.2) is 0 Å². The Hall–Kier alpha value is -2.17. The monoisotopic (exact) mass is 185 g/mol. The highest BCUT2D eigenvalue weighted by atomic mass is 15.4. The summed E-state index contributed by atoms with van der Waals surface area (Å²) in [6.45, 7) is 0. The van der Waals surface area contributed by atoms with Crippen LogP contribution in [0.5, 0.6) is 0 Å². The molecule has 14 heavy (non-hydrogen) atoms. The second-order valence-electron chi connectivity index (χ2n) is 2.64. The minimum Gasteiger partial charge on any atom is -0.256 e. The number of hydrogen-bond acceptors (Lipinski definition) is 3. The zero-order valence-electron chi connectivity index (χ0n) is 7.25. The van der Waals surface area contributed by atoms with Crippen molar-refractivity contribution in [2.75, 3.05) is 0 Å². The maximum absolute atomic E-state index is 6.51. The Balaban J connectivity index is 2.64. The van der Waals surface area contributed by atoms with Crippen LogP contribution in [-0.2, 0) is 0 Å². The van der Waals surface area contributed by atoms with Gasteiger partial charge in [-0.3, -0.25) is 4.98 Å². The van der Waals surface area contributed by atoms with Crippen LogP contribution in [0.25, 0.3) is 10.9 Å². The normalized spacial score (nSPS) is 10.9. The zero-order chi connectivity index (χ0) is 9.80. The largest absolute Gasteiger partial charge is 0.256 e. The summed E-state index contributed by atoms with van der Waals surface area (Å²) in [5.41, 5.74) is 8.04. The maximum atomic E-state index is 6.51. The summed E-state index contributed by atoms with van der Waals surface area (Å²) >= 11 is 0. The average Bonchev–Trinajstić information content (AvgIpc) is 2.26. The summed E-state index contributed by atoms with van der Waals surface area (Å²) in [6, 6.07) is 9.28. The predicted molar refractivity (Wildman–Crippen MR) is 51.4 cm³/mol. The van der Waals surface area contributed by atoms with Gasteiger partial charge < -0.3 is 0 Å². The molecule has 2 aromatic rings. The number of fused-ring (bicyclic) bond motifs is 1. The summed E-state index contributed by atoms with van der Waals surface area (Å²) in [7, 11) is 0. The van der Waals surface area contributed by atoms with Gasteiger partial charge in [-0.25, -0.2) is 0 Å². The van der Waals surface area contributed by atoms with Crippen molar-refractivity contribution < 1.29 is 0 Å². The Labute approximate surface area is 80.0 Å². The Morgan fingerprint density at radius 2 is 2.07 bits per heavy atom. The number of aromatic nitrogens is 1. The first-order valence-electron chi connectivity index (χ1n) is 4.03. The van der Waals surface area contributed by atoms with E-state index >= 15 is 0 Å². The van der Waals surface area contributed by atoms with Crippen LogP contribution in [-0.4, -0.2) is 4.98 Å². The lowest BCUT2D eigenvalue weighted by Crippen LogP contribution is -1.76. The second kappa shape index (κ2) is 3.69. The van der Waals surface area contributed by atoms with E-state index in [2.05, 4.69) is 20.5 Å². The van der Waals surface area contributed by atoms with E-state index in [4.69, 9.17) is 5.53 Å². The molecule has 0 fully saturated rings. The Kier molecular flexibility index (Phi) is 2.22. The molecule has 0 bridgehead atoms. The van der Waals surface area contributed by atoms with Crippen molar-refractivity contribution >= 4 is 16.6 Å². The lowest BCUT2D eigenvalue weighted by atomic mass is 10.2. The molecule has 0 unspecified atom stereocenters. The number of hydrogen-bond donors (Lipinski definition) is 1. The highest BCUT2D eigenvalue weighted by molar-refractivity contribution is 5.89. The van der Waals surface area contributed by atoms with E-state index in [9.17, 15) is 0 Å². The Bertz CT molecular complexity index is 486. The van der Waals surface area contributed by atoms with E-state index in [0.29, 0.717) is 5.69 Å². The molecule has 2 rings (SSSR count). The maximum Gasteiger partial charge on any atom is 0.0969 e. The highest BCUT2D eigenvalue weighted by Crippen LogP contribution is 2.24. The Morgan fingerprint density at radius 3 is 2.93 bits per heavy atom. The molecular weight excluding hydrogens is 178 g/mol. The molecule has 0 saturated heterocycles. The number of nitrogens with one attached hydrogen (secondary N) is 1. The van der Waals surface area contributed by atoms with Gasteiger partial charge in [0.05, 0.1) is 11.2 Å². The van der Waals surface area contributed by atoms with Crippen molar-refractivity contribution in [1.29, 1.82) is 5.53 Å². The molecule has 1 heterocycles. The molecular formula is C9H7N5. The molecule has 0 aliphatic heterocycles. The summed E-state index contributed by atoms with van der Waals surface area (Å²) in [5.74, 6) is 0. The van der Waals surface area contributed by atoms with Gasteiger partial charge in [-0.15, -0.1) is 5.11 Å². The van der Waals surface area contributed by atoms with Gasteiger partial charge in [0.1, 0.15) is 0 Å². The number of benzene rings is 1. The second-order valence-corrected chi connectivity index (χ2v) is 2.64. The van der Waals surface area contributed by atoms with E-state index in [1.165, 1.54) is 0 Å². The predicted octanol–water partition coefficient (Wildman–Crippen LogP) is 3.26. The van der Waals surface area contributed by atoms with Crippen LogP contribution in [0.4, 0.5) is 5.69 Å². The number of pyridine rings is 1. The molecule has 68 valence electrons. The third kappa shape index (κ3) is 1.47. The molecule has 0 saturated carbocycles. The first kappa shape index (κ1) is 8.43. The first-order chi connectivity index (χ1) is 6.92. The quantitative estimate of drug-likeness (QED) is 0.565. The topological polar surface area (TPSA) is 73.8 Å². The van der Waals surface area contributed by atoms with E-state index in [1.807, 2.05) is 24.3 Å². The third-order valence-electron chi connectivity index (χ3n) is 1.82.